The van der Waals surface area contributed by atoms with Gasteiger partial charge in [0.1, 0.15) is 11.8 Å². The predicted molar refractivity (Wildman–Crippen MR) is 156 cm³/mol. The Morgan fingerprint density at radius 2 is 1.00 bits per heavy atom. The van der Waals surface area contributed by atoms with Crippen LogP contribution in [0.4, 0.5) is 0 Å². The smallest absolute Gasteiger partial charge is 0.312 e. The minimum atomic E-state index is -1.14. The van der Waals surface area contributed by atoms with E-state index in [0.29, 0.717) is 25.8 Å². The van der Waals surface area contributed by atoms with E-state index < -0.39 is 35.7 Å². The number of carboxylic acids is 3. The van der Waals surface area contributed by atoms with Gasteiger partial charge in [-0.3, -0.25) is 9.59 Å². The van der Waals surface area contributed by atoms with Gasteiger partial charge >= 0.3 is 11.9 Å². The highest BCUT2D eigenvalue weighted by Gasteiger charge is 2.39. The van der Waals surface area contributed by atoms with E-state index in [1.54, 1.807) is 6.92 Å². The molecule has 0 aliphatic carbocycles. The van der Waals surface area contributed by atoms with Crippen molar-refractivity contribution in [2.24, 2.45) is 17.8 Å². The van der Waals surface area contributed by atoms with Crippen LogP contribution in [-0.4, -0.2) is 58.8 Å². The van der Waals surface area contributed by atoms with Gasteiger partial charge < -0.3 is 24.6 Å². The van der Waals surface area contributed by atoms with Gasteiger partial charge in [-0.15, -0.1) is 0 Å². The Morgan fingerprint density at radius 3 is 1.38 bits per heavy atom. The number of quaternary nitrogens is 1. The van der Waals surface area contributed by atoms with Crippen molar-refractivity contribution in [1.29, 1.82) is 0 Å². The quantitative estimate of drug-likeness (QED) is 0.0686. The second kappa shape index (κ2) is 22.9. The van der Waals surface area contributed by atoms with E-state index in [9.17, 15) is 29.7 Å². The Labute approximate surface area is 238 Å². The van der Waals surface area contributed by atoms with Gasteiger partial charge in [-0.2, -0.15) is 0 Å². The third kappa shape index (κ3) is 17.4. The molecule has 39 heavy (non-hydrogen) atoms. The van der Waals surface area contributed by atoms with Crippen molar-refractivity contribution < 1.29 is 34.2 Å². The summed E-state index contributed by atoms with van der Waals surface area (Å²) in [7, 11) is 0. The maximum absolute atomic E-state index is 11.9. The fourth-order valence-corrected chi connectivity index (χ4v) is 5.55. The summed E-state index contributed by atoms with van der Waals surface area (Å²) >= 11 is 0. The first-order valence-corrected chi connectivity index (χ1v) is 15.8. The van der Waals surface area contributed by atoms with Crippen LogP contribution in [-0.2, 0) is 14.4 Å². The Bertz CT molecular complexity index is 632. The zero-order valence-corrected chi connectivity index (χ0v) is 25.5. The summed E-state index contributed by atoms with van der Waals surface area (Å²) in [5, 5.41) is 31.4. The van der Waals surface area contributed by atoms with Crippen LogP contribution in [0.1, 0.15) is 130 Å². The van der Waals surface area contributed by atoms with Crippen molar-refractivity contribution in [2.45, 2.75) is 130 Å². The SMILES string of the molecule is CCCCCC/C=C/CCCCCCCCC[N+](CC(CC)C(=O)[O-])(CC(CC)C(=O)O)CC(CC)C(=O)O. The van der Waals surface area contributed by atoms with Gasteiger partial charge in [0, 0.05) is 5.92 Å². The van der Waals surface area contributed by atoms with E-state index in [1.165, 1.54) is 51.4 Å². The molecule has 0 spiro atoms. The van der Waals surface area contributed by atoms with Crippen LogP contribution >= 0.6 is 0 Å². The molecule has 0 radical (unpaired) electrons. The van der Waals surface area contributed by atoms with Crippen LogP contribution < -0.4 is 5.11 Å². The number of carboxylic acid groups (broad SMARTS) is 3. The number of hydrogen-bond donors (Lipinski definition) is 2. The number of carbonyl (C=O) groups excluding carboxylic acids is 1. The lowest BCUT2D eigenvalue weighted by molar-refractivity contribution is -0.935. The van der Waals surface area contributed by atoms with E-state index in [4.69, 9.17) is 0 Å². The molecule has 0 aliphatic heterocycles. The molecule has 0 fully saturated rings. The van der Waals surface area contributed by atoms with Gasteiger partial charge in [-0.25, -0.2) is 0 Å². The molecule has 0 bridgehead atoms. The minimum Gasteiger partial charge on any atom is -0.550 e. The first kappa shape index (κ1) is 37.1. The van der Waals surface area contributed by atoms with E-state index in [1.807, 2.05) is 13.8 Å². The van der Waals surface area contributed by atoms with Crippen LogP contribution in [0.15, 0.2) is 12.2 Å². The van der Waals surface area contributed by atoms with Gasteiger partial charge in [-0.05, 0) is 57.8 Å². The van der Waals surface area contributed by atoms with Crippen molar-refractivity contribution >= 4 is 17.9 Å². The van der Waals surface area contributed by atoms with E-state index >= 15 is 0 Å². The topological polar surface area (TPSA) is 115 Å². The second-order valence-electron chi connectivity index (χ2n) is 11.5. The number of carbonyl (C=O) groups is 3. The van der Waals surface area contributed by atoms with Crippen molar-refractivity contribution in [3.63, 3.8) is 0 Å². The largest absolute Gasteiger partial charge is 0.550 e. The first-order chi connectivity index (χ1) is 18.7. The molecule has 0 saturated carbocycles. The lowest BCUT2D eigenvalue weighted by Crippen LogP contribution is -2.59. The Balaban J connectivity index is 4.97. The number of unbranched alkanes of at least 4 members (excludes halogenated alkanes) is 11. The molecule has 0 aromatic heterocycles. The third-order valence-corrected chi connectivity index (χ3v) is 8.23. The number of nitrogens with zero attached hydrogens (tertiary/aromatic N) is 1. The first-order valence-electron chi connectivity index (χ1n) is 15.8. The zero-order valence-electron chi connectivity index (χ0n) is 25.5. The van der Waals surface area contributed by atoms with Crippen LogP contribution in [0.25, 0.3) is 0 Å². The second-order valence-corrected chi connectivity index (χ2v) is 11.5. The standard InChI is InChI=1S/C32H59NO6/c1-5-9-10-11-12-13-14-15-16-17-18-19-20-21-22-23-33(24-27(6-2)30(34)35,25-28(7-3)31(36)37)26-29(8-4)32(38)39/h13-14,27-29H,5-12,15-26H2,1-4H3,(H2-,34,35,36,37,38,39)/b14-13+. The fraction of sp³-hybridized carbons (Fsp3) is 0.844. The average Bonchev–Trinajstić information content (AvgIpc) is 2.90. The molecule has 0 rings (SSSR count). The highest BCUT2D eigenvalue weighted by Crippen LogP contribution is 2.25. The molecular formula is C32H59NO6. The molecule has 2 N–H and O–H groups in total. The summed E-state index contributed by atoms with van der Waals surface area (Å²) in [6.45, 7) is 9.00. The summed E-state index contributed by atoms with van der Waals surface area (Å²) in [5.41, 5.74) is 0. The lowest BCUT2D eigenvalue weighted by atomic mass is 9.95. The Hall–Kier alpha value is -1.89. The molecule has 3 atom stereocenters. The van der Waals surface area contributed by atoms with Crippen LogP contribution in [0.2, 0.25) is 0 Å². The highest BCUT2D eigenvalue weighted by molar-refractivity contribution is 5.70. The van der Waals surface area contributed by atoms with Gasteiger partial charge in [0.05, 0.1) is 32.1 Å². The molecule has 0 aromatic carbocycles. The molecule has 0 aromatic rings. The Morgan fingerprint density at radius 1 is 0.615 bits per heavy atom. The summed E-state index contributed by atoms with van der Waals surface area (Å²) < 4.78 is 0.215. The van der Waals surface area contributed by atoms with Crippen molar-refractivity contribution in [3.05, 3.63) is 12.2 Å². The lowest BCUT2D eigenvalue weighted by Gasteiger charge is -2.44. The molecule has 0 amide bonds. The maximum Gasteiger partial charge on any atom is 0.312 e. The summed E-state index contributed by atoms with van der Waals surface area (Å²) in [6, 6.07) is 0. The zero-order chi connectivity index (χ0) is 29.5. The van der Waals surface area contributed by atoms with Gasteiger partial charge in [0.15, 0.2) is 0 Å². The Kier molecular flexibility index (Phi) is 21.8. The number of aliphatic carboxylic acids is 3. The minimum absolute atomic E-state index is 0.215. The van der Waals surface area contributed by atoms with E-state index in [2.05, 4.69) is 19.1 Å². The van der Waals surface area contributed by atoms with Crippen LogP contribution in [0.3, 0.4) is 0 Å². The number of hydrogen-bond acceptors (Lipinski definition) is 4. The molecule has 228 valence electrons. The molecular weight excluding hydrogens is 494 g/mol. The van der Waals surface area contributed by atoms with Crippen molar-refractivity contribution in [1.82, 2.24) is 0 Å². The third-order valence-electron chi connectivity index (χ3n) is 8.23. The molecule has 7 nitrogen and oxygen atoms in total. The van der Waals surface area contributed by atoms with E-state index in [-0.39, 0.29) is 24.1 Å². The maximum atomic E-state index is 11.9. The summed E-state index contributed by atoms with van der Waals surface area (Å²) in [6.07, 6.45) is 21.1. The van der Waals surface area contributed by atoms with E-state index in [0.717, 1.165) is 32.1 Å². The molecule has 7 heteroatoms. The van der Waals surface area contributed by atoms with Crippen LogP contribution in [0, 0.1) is 17.8 Å². The fourth-order valence-electron chi connectivity index (χ4n) is 5.55. The van der Waals surface area contributed by atoms with Gasteiger partial charge in [-0.1, -0.05) is 84.8 Å². The number of rotatable bonds is 27. The van der Waals surface area contributed by atoms with Crippen molar-refractivity contribution in [2.75, 3.05) is 26.2 Å². The summed E-state index contributed by atoms with van der Waals surface area (Å²) in [4.78, 5) is 35.7. The molecule has 0 saturated heterocycles. The van der Waals surface area contributed by atoms with Gasteiger partial charge in [0.2, 0.25) is 0 Å². The van der Waals surface area contributed by atoms with Crippen LogP contribution in [0.5, 0.6) is 0 Å². The van der Waals surface area contributed by atoms with Crippen molar-refractivity contribution in [3.8, 4) is 0 Å². The summed E-state index contributed by atoms with van der Waals surface area (Å²) in [5.74, 6) is -4.96. The predicted octanol–water partition coefficient (Wildman–Crippen LogP) is 6.45. The molecule has 0 aliphatic rings. The normalized spacial score (nSPS) is 15.6. The van der Waals surface area contributed by atoms with Gasteiger partial charge in [0.25, 0.3) is 0 Å². The average molecular weight is 554 g/mol. The molecule has 3 unspecified atom stereocenters. The molecule has 0 heterocycles. The highest BCUT2D eigenvalue weighted by atomic mass is 16.4. The number of allylic oxidation sites excluding steroid dienone is 2. The monoisotopic (exact) mass is 553 g/mol.